The van der Waals surface area contributed by atoms with Crippen LogP contribution in [0.3, 0.4) is 0 Å². The summed E-state index contributed by atoms with van der Waals surface area (Å²) in [5.41, 5.74) is 5.15. The molecule has 0 aliphatic carbocycles. The topological polar surface area (TPSA) is 104 Å². The van der Waals surface area contributed by atoms with Crippen LogP contribution in [-0.2, 0) is 6.54 Å². The lowest BCUT2D eigenvalue weighted by atomic mass is 10.1. The molecule has 1 aromatic rings. The smallest absolute Gasteiger partial charge is 0.335 e. The lowest BCUT2D eigenvalue weighted by molar-refractivity contribution is 0.0696. The summed E-state index contributed by atoms with van der Waals surface area (Å²) in [6, 6.07) is 2.96. The number of hydrogen-bond donors (Lipinski definition) is 4. The Labute approximate surface area is 103 Å². The van der Waals surface area contributed by atoms with Crippen LogP contribution in [0.25, 0.3) is 0 Å². The number of halogens is 1. The van der Waals surface area contributed by atoms with E-state index in [1.54, 1.807) is 0 Å². The maximum Gasteiger partial charge on any atom is 0.335 e. The molecule has 0 aliphatic heterocycles. The first-order valence-electron chi connectivity index (χ1n) is 5.26. The number of amides is 2. The second-order valence-electron chi connectivity index (χ2n) is 3.58. The second kappa shape index (κ2) is 6.55. The molecule has 5 N–H and O–H groups in total. The predicted octanol–water partition coefficient (Wildman–Crippen LogP) is 0.282. The first-order valence-corrected chi connectivity index (χ1v) is 5.26. The summed E-state index contributed by atoms with van der Waals surface area (Å²) in [4.78, 5) is 21.1. The maximum atomic E-state index is 13.3. The van der Waals surface area contributed by atoms with Gasteiger partial charge in [-0.25, -0.2) is 14.0 Å². The number of rotatable bonds is 6. The fraction of sp³-hybridized carbons (Fsp3) is 0.273. The van der Waals surface area contributed by atoms with E-state index in [9.17, 15) is 14.0 Å². The summed E-state index contributed by atoms with van der Waals surface area (Å²) < 4.78 is 13.3. The van der Waals surface area contributed by atoms with Crippen molar-refractivity contribution >= 4 is 12.0 Å². The highest BCUT2D eigenvalue weighted by atomic mass is 19.1. The van der Waals surface area contributed by atoms with Gasteiger partial charge in [0.2, 0.25) is 0 Å². The van der Waals surface area contributed by atoms with Crippen LogP contribution in [0.15, 0.2) is 18.2 Å². The molecular weight excluding hydrogens is 241 g/mol. The molecule has 6 nitrogen and oxygen atoms in total. The lowest BCUT2D eigenvalue weighted by Crippen LogP contribution is -2.35. The van der Waals surface area contributed by atoms with Gasteiger partial charge in [-0.15, -0.1) is 0 Å². The van der Waals surface area contributed by atoms with Crippen molar-refractivity contribution in [1.29, 1.82) is 0 Å². The van der Waals surface area contributed by atoms with Crippen LogP contribution in [0, 0.1) is 5.82 Å². The van der Waals surface area contributed by atoms with Gasteiger partial charge in [-0.2, -0.15) is 0 Å². The zero-order chi connectivity index (χ0) is 13.5. The van der Waals surface area contributed by atoms with E-state index in [1.165, 1.54) is 12.1 Å². The normalized spacial score (nSPS) is 10.1. The predicted molar refractivity (Wildman–Crippen MR) is 62.7 cm³/mol. The van der Waals surface area contributed by atoms with Crippen molar-refractivity contribution in [3.8, 4) is 0 Å². The highest BCUT2D eigenvalue weighted by molar-refractivity contribution is 5.87. The molecule has 1 rings (SSSR count). The number of benzene rings is 1. The molecule has 18 heavy (non-hydrogen) atoms. The minimum Gasteiger partial charge on any atom is -0.478 e. The van der Waals surface area contributed by atoms with Crippen LogP contribution in [0.1, 0.15) is 15.9 Å². The zero-order valence-electron chi connectivity index (χ0n) is 9.57. The van der Waals surface area contributed by atoms with E-state index in [-0.39, 0.29) is 17.7 Å². The van der Waals surface area contributed by atoms with Crippen molar-refractivity contribution in [2.75, 3.05) is 13.1 Å². The van der Waals surface area contributed by atoms with E-state index in [1.807, 2.05) is 0 Å². The van der Waals surface area contributed by atoms with E-state index in [0.29, 0.717) is 13.1 Å². The molecule has 0 saturated carbocycles. The molecular formula is C11H14FN3O3. The molecule has 0 atom stereocenters. The first kappa shape index (κ1) is 13.9. The van der Waals surface area contributed by atoms with E-state index < -0.39 is 17.8 Å². The summed E-state index contributed by atoms with van der Waals surface area (Å²) in [7, 11) is 0. The molecule has 0 radical (unpaired) electrons. The standard InChI is InChI=1S/C11H14FN3O3/c12-9-2-1-7(10(16)17)5-8(9)6-14-3-4-15-11(13)18/h1-2,5,14H,3-4,6H2,(H,16,17)(H3,13,15,18). The second-order valence-corrected chi connectivity index (χ2v) is 3.58. The van der Waals surface area contributed by atoms with Crippen LogP contribution in [0.2, 0.25) is 0 Å². The van der Waals surface area contributed by atoms with Gasteiger partial charge in [-0.05, 0) is 18.2 Å². The molecule has 0 aliphatic rings. The van der Waals surface area contributed by atoms with Gasteiger partial charge in [-0.1, -0.05) is 0 Å². The van der Waals surface area contributed by atoms with Crippen LogP contribution in [0.5, 0.6) is 0 Å². The molecule has 0 spiro atoms. The molecule has 0 heterocycles. The Morgan fingerprint density at radius 1 is 1.33 bits per heavy atom. The van der Waals surface area contributed by atoms with Crippen molar-refractivity contribution < 1.29 is 19.1 Å². The fourth-order valence-corrected chi connectivity index (χ4v) is 1.34. The average Bonchev–Trinajstić information content (AvgIpc) is 2.30. The van der Waals surface area contributed by atoms with Crippen LogP contribution in [0.4, 0.5) is 9.18 Å². The molecule has 98 valence electrons. The molecule has 0 unspecified atom stereocenters. The van der Waals surface area contributed by atoms with Crippen molar-refractivity contribution in [3.63, 3.8) is 0 Å². The Kier molecular flexibility index (Phi) is 5.06. The molecule has 0 saturated heterocycles. The third kappa shape index (κ3) is 4.38. The Bertz CT molecular complexity index is 451. The van der Waals surface area contributed by atoms with Gasteiger partial charge >= 0.3 is 12.0 Å². The molecule has 7 heteroatoms. The summed E-state index contributed by atoms with van der Waals surface area (Å²) in [6.45, 7) is 0.892. The van der Waals surface area contributed by atoms with Crippen LogP contribution >= 0.6 is 0 Å². The number of carboxylic acid groups (broad SMARTS) is 1. The minimum absolute atomic E-state index is 0.0310. The van der Waals surface area contributed by atoms with Gasteiger partial charge in [0.1, 0.15) is 5.82 Å². The largest absolute Gasteiger partial charge is 0.478 e. The summed E-state index contributed by atoms with van der Waals surface area (Å²) in [5, 5.41) is 14.0. The third-order valence-electron chi connectivity index (χ3n) is 2.21. The number of carbonyl (C=O) groups excluding carboxylic acids is 1. The molecule has 2 amide bonds. The first-order chi connectivity index (χ1) is 8.50. The van der Waals surface area contributed by atoms with E-state index in [0.717, 1.165) is 6.07 Å². The number of carboxylic acids is 1. The van der Waals surface area contributed by atoms with Gasteiger partial charge < -0.3 is 21.5 Å². The fourth-order valence-electron chi connectivity index (χ4n) is 1.34. The lowest BCUT2D eigenvalue weighted by Gasteiger charge is -2.07. The van der Waals surface area contributed by atoms with Gasteiger partial charge in [-0.3, -0.25) is 0 Å². The molecule has 0 aromatic heterocycles. The molecule has 0 bridgehead atoms. The number of carbonyl (C=O) groups is 2. The van der Waals surface area contributed by atoms with Gasteiger partial charge in [0.05, 0.1) is 5.56 Å². The number of primary amides is 1. The van der Waals surface area contributed by atoms with E-state index in [2.05, 4.69) is 10.6 Å². The van der Waals surface area contributed by atoms with E-state index >= 15 is 0 Å². The number of nitrogens with one attached hydrogen (secondary N) is 2. The summed E-state index contributed by atoms with van der Waals surface area (Å²) in [5.74, 6) is -1.58. The third-order valence-corrected chi connectivity index (χ3v) is 2.21. The molecule has 0 fully saturated rings. The number of hydrogen-bond acceptors (Lipinski definition) is 3. The highest BCUT2D eigenvalue weighted by Crippen LogP contribution is 2.10. The minimum atomic E-state index is -1.10. The average molecular weight is 255 g/mol. The Hall–Kier alpha value is -2.15. The SMILES string of the molecule is NC(=O)NCCNCc1cc(C(=O)O)ccc1F. The van der Waals surface area contributed by atoms with E-state index in [4.69, 9.17) is 10.8 Å². The van der Waals surface area contributed by atoms with Gasteiger partial charge in [0.25, 0.3) is 0 Å². The Morgan fingerprint density at radius 2 is 2.06 bits per heavy atom. The van der Waals surface area contributed by atoms with Crippen LogP contribution in [-0.4, -0.2) is 30.2 Å². The van der Waals surface area contributed by atoms with Crippen molar-refractivity contribution in [2.45, 2.75) is 6.54 Å². The van der Waals surface area contributed by atoms with Gasteiger partial charge in [0.15, 0.2) is 0 Å². The summed E-state index contributed by atoms with van der Waals surface area (Å²) >= 11 is 0. The van der Waals surface area contributed by atoms with Crippen molar-refractivity contribution in [2.24, 2.45) is 5.73 Å². The number of nitrogens with two attached hydrogens (primary N) is 1. The molecule has 1 aromatic carbocycles. The monoisotopic (exact) mass is 255 g/mol. The quantitative estimate of drug-likeness (QED) is 0.548. The summed E-state index contributed by atoms with van der Waals surface area (Å²) in [6.07, 6.45) is 0. The van der Waals surface area contributed by atoms with Crippen molar-refractivity contribution in [1.82, 2.24) is 10.6 Å². The zero-order valence-corrected chi connectivity index (χ0v) is 9.57. The maximum absolute atomic E-state index is 13.3. The van der Waals surface area contributed by atoms with Gasteiger partial charge in [0, 0.05) is 25.2 Å². The Balaban J connectivity index is 2.48. The number of aromatic carboxylic acids is 1. The number of urea groups is 1. The van der Waals surface area contributed by atoms with Crippen LogP contribution < -0.4 is 16.4 Å². The van der Waals surface area contributed by atoms with Crippen molar-refractivity contribution in [3.05, 3.63) is 35.1 Å². The highest BCUT2D eigenvalue weighted by Gasteiger charge is 2.07. The Morgan fingerprint density at radius 3 is 2.67 bits per heavy atom.